The van der Waals surface area contributed by atoms with E-state index in [-0.39, 0.29) is 0 Å². The van der Waals surface area contributed by atoms with E-state index >= 15 is 0 Å². The second kappa shape index (κ2) is 4.96. The molecule has 0 aromatic carbocycles. The predicted molar refractivity (Wildman–Crippen MR) is 67.2 cm³/mol. The Morgan fingerprint density at radius 2 is 2.21 bits per heavy atom. The number of nitrogens with one attached hydrogen (secondary N) is 1. The first-order valence-electron chi connectivity index (χ1n) is 5.36. The number of aromatic nitrogens is 4. The smallest absolute Gasteiger partial charge is 0.283 e. The molecule has 0 spiro atoms. The van der Waals surface area contributed by atoms with Gasteiger partial charge in [-0.3, -0.25) is 0 Å². The molecule has 0 aliphatic rings. The number of hydrogen-bond donors (Lipinski definition) is 1. The Hall–Kier alpha value is -2.59. The van der Waals surface area contributed by atoms with Gasteiger partial charge in [0.15, 0.2) is 0 Å². The number of H-pyrrole nitrogens is 1. The average Bonchev–Trinajstić information content (AvgIpc) is 3.10. The van der Waals surface area contributed by atoms with Gasteiger partial charge in [-0.25, -0.2) is 4.98 Å². The number of rotatable bonds is 3. The van der Waals surface area contributed by atoms with Crippen molar-refractivity contribution in [2.45, 2.75) is 10.2 Å². The maximum atomic E-state index is 8.69. The van der Waals surface area contributed by atoms with Gasteiger partial charge in [-0.05, 0) is 36.0 Å². The van der Waals surface area contributed by atoms with Gasteiger partial charge in [-0.2, -0.15) is 5.26 Å². The van der Waals surface area contributed by atoms with Crippen LogP contribution in [0.4, 0.5) is 0 Å². The Morgan fingerprint density at radius 1 is 1.26 bits per heavy atom. The Bertz CT molecular complexity index is 711. The lowest BCUT2D eigenvalue weighted by molar-refractivity contribution is 0.464. The first kappa shape index (κ1) is 11.5. The summed E-state index contributed by atoms with van der Waals surface area (Å²) in [6, 6.07) is 9.15. The SMILES string of the molecule is N#Cc1ccc(Sc2nnc(-c3ccc[nH]3)o2)nc1. The van der Waals surface area contributed by atoms with Gasteiger partial charge < -0.3 is 9.40 Å². The van der Waals surface area contributed by atoms with Crippen LogP contribution >= 0.6 is 11.8 Å². The summed E-state index contributed by atoms with van der Waals surface area (Å²) in [6.07, 6.45) is 3.29. The first-order chi connectivity index (χ1) is 9.35. The number of pyridine rings is 1. The van der Waals surface area contributed by atoms with Gasteiger partial charge in [0.2, 0.25) is 0 Å². The molecular weight excluding hydrogens is 262 g/mol. The van der Waals surface area contributed by atoms with E-state index in [1.807, 2.05) is 18.2 Å². The van der Waals surface area contributed by atoms with Gasteiger partial charge >= 0.3 is 0 Å². The van der Waals surface area contributed by atoms with Crippen molar-refractivity contribution >= 4 is 11.8 Å². The fourth-order valence-electron chi connectivity index (χ4n) is 1.42. The summed E-state index contributed by atoms with van der Waals surface area (Å²) in [5.74, 6) is 0.432. The maximum Gasteiger partial charge on any atom is 0.283 e. The Labute approximate surface area is 112 Å². The summed E-state index contributed by atoms with van der Waals surface area (Å²) in [7, 11) is 0. The minimum Gasteiger partial charge on any atom is -0.409 e. The molecule has 1 N–H and O–H groups in total. The van der Waals surface area contributed by atoms with Gasteiger partial charge in [0.05, 0.1) is 5.56 Å². The summed E-state index contributed by atoms with van der Waals surface area (Å²) >= 11 is 1.25. The number of nitrogens with zero attached hydrogens (tertiary/aromatic N) is 4. The molecule has 3 aromatic heterocycles. The summed E-state index contributed by atoms with van der Waals surface area (Å²) in [5.41, 5.74) is 1.29. The third-order valence-electron chi connectivity index (χ3n) is 2.29. The maximum absolute atomic E-state index is 8.69. The van der Waals surface area contributed by atoms with Crippen LogP contribution in [0, 0.1) is 11.3 Å². The molecule has 0 saturated heterocycles. The second-order valence-corrected chi connectivity index (χ2v) is 4.53. The van der Waals surface area contributed by atoms with Crippen molar-refractivity contribution in [1.29, 1.82) is 5.26 Å². The van der Waals surface area contributed by atoms with Gasteiger partial charge in [-0.1, -0.05) is 0 Å². The molecule has 0 unspecified atom stereocenters. The van der Waals surface area contributed by atoms with E-state index in [1.165, 1.54) is 18.0 Å². The molecule has 0 radical (unpaired) electrons. The molecule has 3 aromatic rings. The number of nitriles is 1. The first-order valence-corrected chi connectivity index (χ1v) is 6.18. The van der Waals surface area contributed by atoms with Gasteiger partial charge in [-0.15, -0.1) is 10.2 Å². The van der Waals surface area contributed by atoms with E-state index < -0.39 is 0 Å². The van der Waals surface area contributed by atoms with Crippen LogP contribution in [0.5, 0.6) is 0 Å². The molecule has 0 bridgehead atoms. The van der Waals surface area contributed by atoms with E-state index in [0.29, 0.717) is 21.7 Å². The summed E-state index contributed by atoms with van der Waals surface area (Å²) in [4.78, 5) is 7.11. The van der Waals surface area contributed by atoms with Gasteiger partial charge in [0.1, 0.15) is 16.8 Å². The largest absolute Gasteiger partial charge is 0.409 e. The summed E-state index contributed by atoms with van der Waals surface area (Å²) < 4.78 is 5.49. The highest BCUT2D eigenvalue weighted by atomic mass is 32.2. The van der Waals surface area contributed by atoms with Crippen LogP contribution < -0.4 is 0 Å². The zero-order valence-corrected chi connectivity index (χ0v) is 10.4. The molecule has 0 aliphatic heterocycles. The standard InChI is InChI=1S/C12H7N5OS/c13-6-8-3-4-10(15-7-8)19-12-17-16-11(18-12)9-2-1-5-14-9/h1-5,7,14H. The minimum absolute atomic E-state index is 0.404. The molecule has 0 amide bonds. The molecule has 7 heteroatoms. The average molecular weight is 269 g/mol. The molecule has 0 aliphatic carbocycles. The van der Waals surface area contributed by atoms with Crippen LogP contribution in [-0.4, -0.2) is 20.2 Å². The van der Waals surface area contributed by atoms with Crippen molar-refractivity contribution in [3.05, 3.63) is 42.2 Å². The van der Waals surface area contributed by atoms with Crippen LogP contribution in [-0.2, 0) is 0 Å². The van der Waals surface area contributed by atoms with Crippen molar-refractivity contribution in [3.8, 4) is 17.7 Å². The number of aromatic amines is 1. The second-order valence-electron chi connectivity index (χ2n) is 3.56. The number of hydrogen-bond acceptors (Lipinski definition) is 6. The monoisotopic (exact) mass is 269 g/mol. The molecule has 0 fully saturated rings. The quantitative estimate of drug-likeness (QED) is 0.785. The van der Waals surface area contributed by atoms with Crippen LogP contribution in [0.2, 0.25) is 0 Å². The lowest BCUT2D eigenvalue weighted by Crippen LogP contribution is -1.81. The van der Waals surface area contributed by atoms with Crippen molar-refractivity contribution in [2.75, 3.05) is 0 Å². The Balaban J connectivity index is 1.78. The molecule has 6 nitrogen and oxygen atoms in total. The minimum atomic E-state index is 0.404. The van der Waals surface area contributed by atoms with E-state index in [2.05, 4.69) is 20.2 Å². The Morgan fingerprint density at radius 3 is 2.89 bits per heavy atom. The van der Waals surface area contributed by atoms with E-state index in [1.54, 1.807) is 18.3 Å². The van der Waals surface area contributed by atoms with Crippen LogP contribution in [0.1, 0.15) is 5.56 Å². The zero-order chi connectivity index (χ0) is 13.1. The summed E-state index contributed by atoms with van der Waals surface area (Å²) in [6.45, 7) is 0. The molecular formula is C12H7N5OS. The van der Waals surface area contributed by atoms with Crippen molar-refractivity contribution in [1.82, 2.24) is 20.2 Å². The van der Waals surface area contributed by atoms with Crippen LogP contribution in [0.3, 0.4) is 0 Å². The van der Waals surface area contributed by atoms with Crippen molar-refractivity contribution in [3.63, 3.8) is 0 Å². The summed E-state index contributed by atoms with van der Waals surface area (Å²) in [5, 5.41) is 17.7. The lowest BCUT2D eigenvalue weighted by Gasteiger charge is -1.94. The van der Waals surface area contributed by atoms with Crippen molar-refractivity contribution < 1.29 is 4.42 Å². The fourth-order valence-corrected chi connectivity index (χ4v) is 2.04. The van der Waals surface area contributed by atoms with Crippen LogP contribution in [0.25, 0.3) is 11.6 Å². The van der Waals surface area contributed by atoms with E-state index in [4.69, 9.17) is 9.68 Å². The highest BCUT2D eigenvalue weighted by molar-refractivity contribution is 7.99. The predicted octanol–water partition coefficient (Wildman–Crippen LogP) is 2.48. The lowest BCUT2D eigenvalue weighted by atomic mass is 10.3. The molecule has 92 valence electrons. The topological polar surface area (TPSA) is 91.4 Å². The molecule has 3 rings (SSSR count). The third-order valence-corrected chi connectivity index (χ3v) is 3.08. The fraction of sp³-hybridized carbons (Fsp3) is 0. The van der Waals surface area contributed by atoms with E-state index in [9.17, 15) is 0 Å². The zero-order valence-electron chi connectivity index (χ0n) is 9.57. The Kier molecular flexibility index (Phi) is 3.00. The molecule has 0 saturated carbocycles. The third kappa shape index (κ3) is 2.48. The van der Waals surface area contributed by atoms with Crippen LogP contribution in [0.15, 0.2) is 51.3 Å². The van der Waals surface area contributed by atoms with Crippen molar-refractivity contribution in [2.24, 2.45) is 0 Å². The molecule has 19 heavy (non-hydrogen) atoms. The molecule has 0 atom stereocenters. The van der Waals surface area contributed by atoms with Gasteiger partial charge in [0.25, 0.3) is 11.1 Å². The molecule has 3 heterocycles. The van der Waals surface area contributed by atoms with E-state index in [0.717, 1.165) is 5.69 Å². The normalized spacial score (nSPS) is 10.3. The van der Waals surface area contributed by atoms with Gasteiger partial charge in [0, 0.05) is 12.4 Å². The highest BCUT2D eigenvalue weighted by Crippen LogP contribution is 2.27. The highest BCUT2D eigenvalue weighted by Gasteiger charge is 2.10.